The molecule has 0 aromatic heterocycles. The molecule has 0 saturated heterocycles. The molecule has 1 atom stereocenters. The zero-order chi connectivity index (χ0) is 16.7. The van der Waals surface area contributed by atoms with Crippen LogP contribution in [0.2, 0.25) is 18.1 Å². The van der Waals surface area contributed by atoms with Crippen LogP contribution in [0.1, 0.15) is 42.8 Å². The first-order valence-electron chi connectivity index (χ1n) is 8.47. The quantitative estimate of drug-likeness (QED) is 0.464. The van der Waals surface area contributed by atoms with Crippen molar-refractivity contribution in [2.24, 2.45) is 0 Å². The third-order valence-electron chi connectivity index (χ3n) is 4.70. The number of Topliss-reactive ketones (excluding diaryl/α,β-unsaturated/α-hetero) is 1. The molecule has 0 aliphatic rings. The minimum absolute atomic E-state index is 0.0593. The second-order valence-corrected chi connectivity index (χ2v) is 10.6. The summed E-state index contributed by atoms with van der Waals surface area (Å²) >= 11 is 0. The van der Waals surface area contributed by atoms with Gasteiger partial charge in [0, 0.05) is 5.56 Å². The molecular weight excluding hydrogens is 300 g/mol. The molecular formula is C20H26O2Si. The molecule has 2 nitrogen and oxygen atoms in total. The van der Waals surface area contributed by atoms with E-state index in [4.69, 9.17) is 4.43 Å². The van der Waals surface area contributed by atoms with E-state index in [9.17, 15) is 4.79 Å². The van der Waals surface area contributed by atoms with Crippen molar-refractivity contribution in [1.82, 2.24) is 0 Å². The predicted octanol–water partition coefficient (Wildman–Crippen LogP) is 5.63. The largest absolute Gasteiger partial charge is 0.403 e. The summed E-state index contributed by atoms with van der Waals surface area (Å²) < 4.78 is 6.58. The number of rotatable bonds is 8. The number of carbonyl (C=O) groups is 1. The molecule has 3 heteroatoms. The van der Waals surface area contributed by atoms with Crippen molar-refractivity contribution in [2.45, 2.75) is 45.0 Å². The first-order chi connectivity index (χ1) is 11.2. The maximum Gasteiger partial charge on any atom is 0.194 e. The van der Waals surface area contributed by atoms with Gasteiger partial charge in [0.25, 0.3) is 0 Å². The number of benzene rings is 2. The van der Waals surface area contributed by atoms with E-state index in [-0.39, 0.29) is 5.78 Å². The highest BCUT2D eigenvalue weighted by Gasteiger charge is 2.35. The van der Waals surface area contributed by atoms with Crippen LogP contribution >= 0.6 is 0 Å². The van der Waals surface area contributed by atoms with Gasteiger partial charge < -0.3 is 4.43 Å². The van der Waals surface area contributed by atoms with E-state index in [1.807, 2.05) is 60.7 Å². The molecule has 2 aromatic carbocycles. The fraction of sp³-hybridized carbons (Fsp3) is 0.350. The van der Waals surface area contributed by atoms with Crippen molar-refractivity contribution in [3.8, 4) is 0 Å². The monoisotopic (exact) mass is 326 g/mol. The van der Waals surface area contributed by atoms with Gasteiger partial charge in [-0.15, -0.1) is 0 Å². The minimum atomic E-state index is -1.88. The molecule has 0 heterocycles. The van der Waals surface area contributed by atoms with Gasteiger partial charge in [0.15, 0.2) is 14.1 Å². The molecule has 0 radical (unpaired) electrons. The highest BCUT2D eigenvalue weighted by atomic mass is 28.4. The van der Waals surface area contributed by atoms with Gasteiger partial charge in [-0.25, -0.2) is 0 Å². The van der Waals surface area contributed by atoms with Crippen LogP contribution in [0.4, 0.5) is 0 Å². The summed E-state index contributed by atoms with van der Waals surface area (Å²) in [6.07, 6.45) is -0.495. The second kappa shape index (κ2) is 8.23. The number of ketones is 1. The number of hydrogen-bond donors (Lipinski definition) is 0. The van der Waals surface area contributed by atoms with Crippen molar-refractivity contribution in [1.29, 1.82) is 0 Å². The van der Waals surface area contributed by atoms with E-state index in [1.54, 1.807) is 0 Å². The van der Waals surface area contributed by atoms with Gasteiger partial charge in [-0.3, -0.25) is 4.79 Å². The van der Waals surface area contributed by atoms with Crippen LogP contribution in [0.15, 0.2) is 60.7 Å². The average molecular weight is 327 g/mol. The Hall–Kier alpha value is -1.71. The number of hydrogen-bond acceptors (Lipinski definition) is 2. The summed E-state index contributed by atoms with van der Waals surface area (Å²) in [5, 5.41) is 0. The van der Waals surface area contributed by atoms with Gasteiger partial charge in [-0.2, -0.15) is 0 Å². The van der Waals surface area contributed by atoms with Gasteiger partial charge in [0.05, 0.1) is 0 Å². The van der Waals surface area contributed by atoms with Gasteiger partial charge in [-0.1, -0.05) is 81.4 Å². The maximum absolute atomic E-state index is 13.1. The molecule has 23 heavy (non-hydrogen) atoms. The fourth-order valence-electron chi connectivity index (χ4n) is 2.90. The Bertz CT molecular complexity index is 598. The van der Waals surface area contributed by atoms with Gasteiger partial charge in [0.1, 0.15) is 6.10 Å². The second-order valence-electron chi connectivity index (χ2n) is 5.88. The van der Waals surface area contributed by atoms with Crippen molar-refractivity contribution in [3.63, 3.8) is 0 Å². The lowest BCUT2D eigenvalue weighted by Crippen LogP contribution is -2.39. The van der Waals surface area contributed by atoms with Crippen molar-refractivity contribution in [2.75, 3.05) is 0 Å². The molecule has 0 amide bonds. The van der Waals surface area contributed by atoms with Crippen LogP contribution in [-0.4, -0.2) is 14.1 Å². The highest BCUT2D eigenvalue weighted by Crippen LogP contribution is 2.32. The summed E-state index contributed by atoms with van der Waals surface area (Å²) in [6, 6.07) is 22.5. The summed E-state index contributed by atoms with van der Waals surface area (Å²) in [7, 11) is -1.88. The summed E-state index contributed by atoms with van der Waals surface area (Å²) in [5.74, 6) is 0.0593. The first kappa shape index (κ1) is 17.6. The van der Waals surface area contributed by atoms with Gasteiger partial charge in [0.2, 0.25) is 0 Å². The van der Waals surface area contributed by atoms with E-state index < -0.39 is 14.4 Å². The molecule has 0 aliphatic heterocycles. The van der Waals surface area contributed by atoms with Crippen LogP contribution in [0, 0.1) is 0 Å². The fourth-order valence-corrected chi connectivity index (χ4v) is 5.65. The van der Waals surface area contributed by atoms with E-state index in [0.29, 0.717) is 5.56 Å². The third-order valence-corrected chi connectivity index (χ3v) is 9.30. The van der Waals surface area contributed by atoms with Crippen LogP contribution in [0.3, 0.4) is 0 Å². The lowest BCUT2D eigenvalue weighted by molar-refractivity contribution is 0.0772. The Labute approximate surface area is 140 Å². The van der Waals surface area contributed by atoms with E-state index >= 15 is 0 Å². The van der Waals surface area contributed by atoms with Crippen molar-refractivity contribution >= 4 is 14.1 Å². The third kappa shape index (κ3) is 4.18. The maximum atomic E-state index is 13.1. The summed E-state index contributed by atoms with van der Waals surface area (Å²) in [4.78, 5) is 13.1. The van der Waals surface area contributed by atoms with Crippen LogP contribution in [0.25, 0.3) is 0 Å². The summed E-state index contributed by atoms with van der Waals surface area (Å²) in [5.41, 5.74) is 1.67. The first-order valence-corrected chi connectivity index (χ1v) is 11.0. The zero-order valence-corrected chi connectivity index (χ0v) is 15.3. The molecule has 0 N–H and O–H groups in total. The topological polar surface area (TPSA) is 26.3 Å². The van der Waals surface area contributed by atoms with E-state index in [0.717, 1.165) is 23.7 Å². The van der Waals surface area contributed by atoms with Gasteiger partial charge in [-0.05, 0) is 23.7 Å². The molecule has 0 unspecified atom stereocenters. The zero-order valence-electron chi connectivity index (χ0n) is 14.3. The molecule has 2 aromatic rings. The minimum Gasteiger partial charge on any atom is -0.403 e. The standard InChI is InChI=1S/C20H26O2Si/c1-4-23(5-2,6-3)22-20(18-15-11-8-12-16-18)19(21)17-13-9-7-10-14-17/h7-16,20H,4-6H2,1-3H3/t20-/m1/s1. The molecule has 0 spiro atoms. The van der Waals surface area contributed by atoms with E-state index in [2.05, 4.69) is 20.8 Å². The predicted molar refractivity (Wildman–Crippen MR) is 98.2 cm³/mol. The summed E-state index contributed by atoms with van der Waals surface area (Å²) in [6.45, 7) is 6.57. The molecule has 0 aliphatic carbocycles. The Balaban J connectivity index is 2.39. The Morgan fingerprint density at radius 1 is 0.870 bits per heavy atom. The van der Waals surface area contributed by atoms with Crippen molar-refractivity contribution in [3.05, 3.63) is 71.8 Å². The Morgan fingerprint density at radius 3 is 1.83 bits per heavy atom. The Morgan fingerprint density at radius 2 is 1.35 bits per heavy atom. The molecule has 0 saturated carbocycles. The lowest BCUT2D eigenvalue weighted by atomic mass is 10.0. The smallest absolute Gasteiger partial charge is 0.194 e. The number of carbonyl (C=O) groups excluding carboxylic acids is 1. The molecule has 2 rings (SSSR count). The van der Waals surface area contributed by atoms with Crippen LogP contribution in [-0.2, 0) is 4.43 Å². The Kier molecular flexibility index (Phi) is 6.31. The molecule has 0 fully saturated rings. The SMILES string of the molecule is CC[Si](CC)(CC)O[C@@H](C(=O)c1ccccc1)c1ccccc1. The van der Waals surface area contributed by atoms with E-state index in [1.165, 1.54) is 0 Å². The lowest BCUT2D eigenvalue weighted by Gasteiger charge is -2.33. The normalized spacial score (nSPS) is 12.8. The molecule has 0 bridgehead atoms. The average Bonchev–Trinajstić information content (AvgIpc) is 2.64. The van der Waals surface area contributed by atoms with Crippen LogP contribution in [0.5, 0.6) is 0 Å². The highest BCUT2D eigenvalue weighted by molar-refractivity contribution is 6.73. The van der Waals surface area contributed by atoms with Gasteiger partial charge >= 0.3 is 0 Å². The van der Waals surface area contributed by atoms with Crippen molar-refractivity contribution < 1.29 is 9.22 Å². The molecule has 122 valence electrons. The van der Waals surface area contributed by atoms with Crippen LogP contribution < -0.4 is 0 Å².